The molecule has 1 heterocycles. The Balaban J connectivity index is 1.88. The molecule has 2 rings (SSSR count). The molecule has 1 amide bonds. The second-order valence-electron chi connectivity index (χ2n) is 4.82. The smallest absolute Gasteiger partial charge is 0.237 e. The van der Waals surface area contributed by atoms with Crippen molar-refractivity contribution in [2.24, 2.45) is 0 Å². The van der Waals surface area contributed by atoms with Crippen molar-refractivity contribution < 1.29 is 9.53 Å². The summed E-state index contributed by atoms with van der Waals surface area (Å²) >= 11 is 0. The molecule has 3 unspecified atom stereocenters. The second-order valence-corrected chi connectivity index (χ2v) is 4.82. The zero-order chi connectivity index (χ0) is 11.4. The fraction of sp³-hybridized carbons (Fsp3) is 0.917. The van der Waals surface area contributed by atoms with E-state index in [2.05, 4.69) is 10.6 Å². The van der Waals surface area contributed by atoms with Gasteiger partial charge in [0.25, 0.3) is 0 Å². The Hall–Kier alpha value is -0.610. The molecule has 4 heteroatoms. The summed E-state index contributed by atoms with van der Waals surface area (Å²) in [6.45, 7) is 0.829. The van der Waals surface area contributed by atoms with Gasteiger partial charge in [-0.2, -0.15) is 0 Å². The van der Waals surface area contributed by atoms with Crippen molar-refractivity contribution in [3.05, 3.63) is 0 Å². The van der Waals surface area contributed by atoms with E-state index in [-0.39, 0.29) is 18.1 Å². The molecule has 0 aromatic heterocycles. The predicted octanol–water partition coefficient (Wildman–Crippen LogP) is 0.812. The number of nitrogens with one attached hydrogen (secondary N) is 2. The Morgan fingerprint density at radius 3 is 2.81 bits per heavy atom. The Morgan fingerprint density at radius 1 is 1.25 bits per heavy atom. The van der Waals surface area contributed by atoms with E-state index < -0.39 is 0 Å². The molecule has 0 radical (unpaired) electrons. The molecule has 0 aromatic carbocycles. The average molecular weight is 226 g/mol. The zero-order valence-electron chi connectivity index (χ0n) is 10.00. The molecule has 0 aromatic rings. The van der Waals surface area contributed by atoms with Crippen molar-refractivity contribution in [3.8, 4) is 0 Å². The molecular weight excluding hydrogens is 204 g/mol. The Morgan fingerprint density at radius 2 is 2.06 bits per heavy atom. The molecule has 2 N–H and O–H groups in total. The van der Waals surface area contributed by atoms with Crippen molar-refractivity contribution in [3.63, 3.8) is 0 Å². The highest BCUT2D eigenvalue weighted by molar-refractivity contribution is 5.82. The van der Waals surface area contributed by atoms with Crippen LogP contribution in [0.5, 0.6) is 0 Å². The minimum absolute atomic E-state index is 0.00509. The SMILES string of the molecule is COC1CCCCC1NC1CCCNC1=O. The molecule has 16 heavy (non-hydrogen) atoms. The quantitative estimate of drug-likeness (QED) is 0.749. The summed E-state index contributed by atoms with van der Waals surface area (Å²) in [6, 6.07) is 0.349. The minimum Gasteiger partial charge on any atom is -0.380 e. The molecule has 2 fully saturated rings. The van der Waals surface area contributed by atoms with E-state index in [4.69, 9.17) is 4.74 Å². The lowest BCUT2D eigenvalue weighted by molar-refractivity contribution is -0.125. The highest BCUT2D eigenvalue weighted by atomic mass is 16.5. The molecule has 0 spiro atoms. The van der Waals surface area contributed by atoms with E-state index in [1.165, 1.54) is 12.8 Å². The maximum atomic E-state index is 11.6. The van der Waals surface area contributed by atoms with Gasteiger partial charge in [-0.1, -0.05) is 12.8 Å². The van der Waals surface area contributed by atoms with Crippen molar-refractivity contribution >= 4 is 5.91 Å². The summed E-state index contributed by atoms with van der Waals surface area (Å²) < 4.78 is 5.49. The van der Waals surface area contributed by atoms with Gasteiger partial charge in [0.05, 0.1) is 12.1 Å². The van der Waals surface area contributed by atoms with Gasteiger partial charge in [0, 0.05) is 19.7 Å². The predicted molar refractivity (Wildman–Crippen MR) is 62.2 cm³/mol. The lowest BCUT2D eigenvalue weighted by Gasteiger charge is -2.35. The van der Waals surface area contributed by atoms with Crippen LogP contribution in [0, 0.1) is 0 Å². The Labute approximate surface area is 97.1 Å². The van der Waals surface area contributed by atoms with Gasteiger partial charge >= 0.3 is 0 Å². The summed E-state index contributed by atoms with van der Waals surface area (Å²) in [7, 11) is 1.77. The van der Waals surface area contributed by atoms with E-state index in [1.54, 1.807) is 7.11 Å². The molecule has 1 aliphatic heterocycles. The van der Waals surface area contributed by atoms with Crippen molar-refractivity contribution in [1.82, 2.24) is 10.6 Å². The van der Waals surface area contributed by atoms with Gasteiger partial charge in [-0.3, -0.25) is 4.79 Å². The van der Waals surface area contributed by atoms with Crippen LogP contribution in [0.3, 0.4) is 0 Å². The second kappa shape index (κ2) is 5.64. The average Bonchev–Trinajstić information content (AvgIpc) is 2.33. The van der Waals surface area contributed by atoms with Crippen LogP contribution in [0.25, 0.3) is 0 Å². The minimum atomic E-state index is -0.00509. The summed E-state index contributed by atoms with van der Waals surface area (Å²) in [4.78, 5) is 11.6. The zero-order valence-corrected chi connectivity index (χ0v) is 10.00. The first-order valence-corrected chi connectivity index (χ1v) is 6.38. The van der Waals surface area contributed by atoms with Crippen LogP contribution >= 0.6 is 0 Å². The third-order valence-corrected chi connectivity index (χ3v) is 3.71. The van der Waals surface area contributed by atoms with Crippen LogP contribution in [-0.4, -0.2) is 37.7 Å². The third kappa shape index (κ3) is 2.74. The lowest BCUT2D eigenvalue weighted by Crippen LogP contribution is -2.55. The fourth-order valence-corrected chi connectivity index (χ4v) is 2.76. The number of hydrogen-bond acceptors (Lipinski definition) is 3. The number of amides is 1. The van der Waals surface area contributed by atoms with Gasteiger partial charge in [0.15, 0.2) is 0 Å². The molecule has 0 bridgehead atoms. The van der Waals surface area contributed by atoms with Crippen LogP contribution in [0.15, 0.2) is 0 Å². The van der Waals surface area contributed by atoms with Crippen molar-refractivity contribution in [2.45, 2.75) is 56.7 Å². The number of hydrogen-bond donors (Lipinski definition) is 2. The van der Waals surface area contributed by atoms with E-state index in [9.17, 15) is 4.79 Å². The molecule has 2 aliphatic rings. The van der Waals surface area contributed by atoms with Crippen LogP contribution in [0.4, 0.5) is 0 Å². The van der Waals surface area contributed by atoms with Gasteiger partial charge in [-0.25, -0.2) is 0 Å². The van der Waals surface area contributed by atoms with E-state index >= 15 is 0 Å². The molecule has 3 atom stereocenters. The monoisotopic (exact) mass is 226 g/mol. The summed E-state index contributed by atoms with van der Waals surface area (Å²) in [6.07, 6.45) is 7.04. The first-order valence-electron chi connectivity index (χ1n) is 6.38. The van der Waals surface area contributed by atoms with Crippen LogP contribution < -0.4 is 10.6 Å². The number of rotatable bonds is 3. The highest BCUT2D eigenvalue weighted by Gasteiger charge is 2.30. The van der Waals surface area contributed by atoms with E-state index in [0.717, 1.165) is 32.2 Å². The van der Waals surface area contributed by atoms with Gasteiger partial charge in [-0.15, -0.1) is 0 Å². The summed E-state index contributed by atoms with van der Waals surface area (Å²) in [5.41, 5.74) is 0. The third-order valence-electron chi connectivity index (χ3n) is 3.71. The summed E-state index contributed by atoms with van der Waals surface area (Å²) in [5, 5.41) is 6.38. The molecule has 1 saturated heterocycles. The Kier molecular flexibility index (Phi) is 4.18. The van der Waals surface area contributed by atoms with E-state index in [0.29, 0.717) is 6.04 Å². The number of methoxy groups -OCH3 is 1. The van der Waals surface area contributed by atoms with Gasteiger partial charge in [0.2, 0.25) is 5.91 Å². The number of piperidine rings is 1. The standard InChI is InChI=1S/C12H22N2O2/c1-16-11-7-3-2-5-9(11)14-10-6-4-8-13-12(10)15/h9-11,14H,2-8H2,1H3,(H,13,15). The molecular formula is C12H22N2O2. The van der Waals surface area contributed by atoms with E-state index in [1.807, 2.05) is 0 Å². The van der Waals surface area contributed by atoms with Gasteiger partial charge in [0.1, 0.15) is 0 Å². The van der Waals surface area contributed by atoms with Crippen LogP contribution in [0.1, 0.15) is 38.5 Å². The number of carbonyl (C=O) groups is 1. The fourth-order valence-electron chi connectivity index (χ4n) is 2.76. The van der Waals surface area contributed by atoms with Crippen molar-refractivity contribution in [2.75, 3.05) is 13.7 Å². The van der Waals surface area contributed by atoms with Crippen LogP contribution in [-0.2, 0) is 9.53 Å². The molecule has 92 valence electrons. The molecule has 1 aliphatic carbocycles. The highest BCUT2D eigenvalue weighted by Crippen LogP contribution is 2.21. The lowest BCUT2D eigenvalue weighted by atomic mass is 9.91. The van der Waals surface area contributed by atoms with Gasteiger partial charge < -0.3 is 15.4 Å². The topological polar surface area (TPSA) is 50.4 Å². The van der Waals surface area contributed by atoms with Crippen molar-refractivity contribution in [1.29, 1.82) is 0 Å². The normalized spacial score (nSPS) is 35.8. The molecule has 4 nitrogen and oxygen atoms in total. The number of carbonyl (C=O) groups excluding carboxylic acids is 1. The maximum Gasteiger partial charge on any atom is 0.237 e. The Bertz CT molecular complexity index is 245. The number of ether oxygens (including phenoxy) is 1. The first-order chi connectivity index (χ1) is 7.81. The van der Waals surface area contributed by atoms with Crippen LogP contribution in [0.2, 0.25) is 0 Å². The summed E-state index contributed by atoms with van der Waals surface area (Å²) in [5.74, 6) is 0.159. The molecule has 1 saturated carbocycles. The largest absolute Gasteiger partial charge is 0.380 e. The first kappa shape index (κ1) is 11.9. The maximum absolute atomic E-state index is 11.6. The van der Waals surface area contributed by atoms with Gasteiger partial charge in [-0.05, 0) is 25.7 Å².